The molecule has 1 aromatic carbocycles. The van der Waals surface area contributed by atoms with Crippen LogP contribution in [0, 0.1) is 0 Å². The van der Waals surface area contributed by atoms with E-state index < -0.39 is 11.6 Å². The zero-order valence-electron chi connectivity index (χ0n) is 15.5. The minimum atomic E-state index is -0.573. The summed E-state index contributed by atoms with van der Waals surface area (Å²) in [4.78, 5) is 30.1. The van der Waals surface area contributed by atoms with E-state index in [1.54, 1.807) is 25.1 Å². The Morgan fingerprint density at radius 1 is 1.16 bits per heavy atom. The number of carbonyl (C=O) groups excluding carboxylic acids is 2. The highest BCUT2D eigenvalue weighted by molar-refractivity contribution is 5.90. The Balaban J connectivity index is 2.22. The van der Waals surface area contributed by atoms with E-state index in [4.69, 9.17) is 14.3 Å². The largest absolute Gasteiger partial charge is 0.466 e. The highest BCUT2D eigenvalue weighted by Crippen LogP contribution is 2.25. The summed E-state index contributed by atoms with van der Waals surface area (Å²) in [6, 6.07) is 5.02. The van der Waals surface area contributed by atoms with Crippen molar-refractivity contribution in [2.24, 2.45) is 0 Å². The first-order valence-electron chi connectivity index (χ1n) is 8.73. The molecule has 0 radical (unpaired) electrons. The van der Waals surface area contributed by atoms with Gasteiger partial charge in [0, 0.05) is 18.7 Å². The predicted octanol–water partition coefficient (Wildman–Crippen LogP) is 3.14. The monoisotopic (exact) mass is 349 g/mol. The highest BCUT2D eigenvalue weighted by Gasteiger charge is 2.22. The maximum absolute atomic E-state index is 12.3. The third kappa shape index (κ3) is 6.05. The summed E-state index contributed by atoms with van der Waals surface area (Å²) in [5.74, 6) is -0.237. The van der Waals surface area contributed by atoms with Crippen molar-refractivity contribution in [1.82, 2.24) is 5.06 Å². The van der Waals surface area contributed by atoms with Crippen molar-refractivity contribution in [2.75, 3.05) is 19.7 Å². The summed E-state index contributed by atoms with van der Waals surface area (Å²) in [5, 5.41) is 1.85. The van der Waals surface area contributed by atoms with Crippen LogP contribution < -0.4 is 4.84 Å². The van der Waals surface area contributed by atoms with E-state index in [0.29, 0.717) is 23.5 Å². The van der Waals surface area contributed by atoms with Crippen molar-refractivity contribution in [2.45, 2.75) is 52.6 Å². The number of hydrogen-bond donors (Lipinski definition) is 0. The number of rotatable bonds is 6. The fourth-order valence-corrected chi connectivity index (χ4v) is 2.54. The Labute approximate surface area is 149 Å². The molecule has 0 N–H and O–H groups in total. The zero-order chi connectivity index (χ0) is 18.4. The van der Waals surface area contributed by atoms with Crippen molar-refractivity contribution in [1.29, 1.82) is 0 Å². The number of hydrogen-bond acceptors (Lipinski definition) is 6. The van der Waals surface area contributed by atoms with Gasteiger partial charge < -0.3 is 14.3 Å². The van der Waals surface area contributed by atoms with Crippen molar-refractivity contribution in [3.63, 3.8) is 0 Å². The van der Waals surface area contributed by atoms with E-state index in [1.807, 2.05) is 25.8 Å². The van der Waals surface area contributed by atoms with Gasteiger partial charge in [-0.2, -0.15) is 0 Å². The van der Waals surface area contributed by atoms with Crippen LogP contribution in [0.4, 0.5) is 0 Å². The molecular weight excluding hydrogens is 322 g/mol. The van der Waals surface area contributed by atoms with Gasteiger partial charge in [0.05, 0.1) is 18.6 Å². The lowest BCUT2D eigenvalue weighted by Crippen LogP contribution is -2.26. The summed E-state index contributed by atoms with van der Waals surface area (Å²) in [6.07, 6.45) is 2.24. The van der Waals surface area contributed by atoms with Gasteiger partial charge in [-0.1, -0.05) is 6.07 Å². The van der Waals surface area contributed by atoms with Gasteiger partial charge in [0.1, 0.15) is 5.60 Å². The molecule has 6 heteroatoms. The minimum Gasteiger partial charge on any atom is -0.466 e. The summed E-state index contributed by atoms with van der Waals surface area (Å²) in [5.41, 5.74) is 0.519. The molecule has 1 aromatic rings. The van der Waals surface area contributed by atoms with Crippen molar-refractivity contribution in [3.05, 3.63) is 29.3 Å². The molecule has 0 spiro atoms. The predicted molar refractivity (Wildman–Crippen MR) is 93.4 cm³/mol. The van der Waals surface area contributed by atoms with E-state index in [0.717, 1.165) is 25.9 Å². The van der Waals surface area contributed by atoms with Gasteiger partial charge in [0.25, 0.3) is 0 Å². The fraction of sp³-hybridized carbons (Fsp3) is 0.579. The smallest absolute Gasteiger partial charge is 0.338 e. The van der Waals surface area contributed by atoms with Crippen LogP contribution >= 0.6 is 0 Å². The van der Waals surface area contributed by atoms with Crippen LogP contribution in [0.25, 0.3) is 0 Å². The first kappa shape index (κ1) is 19.2. The summed E-state index contributed by atoms with van der Waals surface area (Å²) < 4.78 is 10.4. The molecule has 0 unspecified atom stereocenters. The number of hydroxylamine groups is 2. The second-order valence-corrected chi connectivity index (χ2v) is 7.03. The molecule has 2 rings (SSSR count). The Morgan fingerprint density at radius 2 is 1.84 bits per heavy atom. The molecule has 0 bridgehead atoms. The molecule has 1 saturated heterocycles. The van der Waals surface area contributed by atoms with Crippen LogP contribution in [0.2, 0.25) is 0 Å². The van der Waals surface area contributed by atoms with E-state index >= 15 is 0 Å². The summed E-state index contributed by atoms with van der Waals surface area (Å²) in [6.45, 7) is 9.22. The van der Waals surface area contributed by atoms with Gasteiger partial charge >= 0.3 is 11.9 Å². The zero-order valence-corrected chi connectivity index (χ0v) is 15.5. The number of carbonyl (C=O) groups is 2. The quantitative estimate of drug-likeness (QED) is 0.735. The second kappa shape index (κ2) is 8.34. The standard InChI is InChI=1S/C19H27NO5/c1-5-23-17(21)13-14-8-9-15(18(22)24-19(2,3)4)12-16(14)25-20-10-6-7-11-20/h8-9,12H,5-7,10-11,13H2,1-4H3. The Kier molecular flexibility index (Phi) is 6.42. The lowest BCUT2D eigenvalue weighted by Gasteiger charge is -2.21. The van der Waals surface area contributed by atoms with Gasteiger partial charge in [-0.25, -0.2) is 4.79 Å². The molecule has 1 aliphatic rings. The minimum absolute atomic E-state index is 0.103. The van der Waals surface area contributed by atoms with Gasteiger partial charge in [-0.05, 0) is 52.7 Å². The van der Waals surface area contributed by atoms with E-state index in [1.165, 1.54) is 0 Å². The van der Waals surface area contributed by atoms with Crippen molar-refractivity contribution in [3.8, 4) is 5.75 Å². The Hall–Kier alpha value is -2.08. The van der Waals surface area contributed by atoms with Crippen LogP contribution in [0.15, 0.2) is 18.2 Å². The fourth-order valence-electron chi connectivity index (χ4n) is 2.54. The van der Waals surface area contributed by atoms with Crippen LogP contribution in [-0.4, -0.2) is 42.3 Å². The molecule has 0 atom stereocenters. The topological polar surface area (TPSA) is 65.1 Å². The average molecular weight is 349 g/mol. The number of benzene rings is 1. The summed E-state index contributed by atoms with van der Waals surface area (Å²) in [7, 11) is 0. The van der Waals surface area contributed by atoms with Gasteiger partial charge in [0.2, 0.25) is 0 Å². The molecule has 1 fully saturated rings. The van der Waals surface area contributed by atoms with Gasteiger partial charge in [0.15, 0.2) is 5.75 Å². The SMILES string of the molecule is CCOC(=O)Cc1ccc(C(=O)OC(C)(C)C)cc1ON1CCCC1. The number of esters is 2. The summed E-state index contributed by atoms with van der Waals surface area (Å²) >= 11 is 0. The van der Waals surface area contributed by atoms with Gasteiger partial charge in [-0.3, -0.25) is 4.79 Å². The Bertz CT molecular complexity index is 615. The third-order valence-electron chi connectivity index (χ3n) is 3.63. The maximum Gasteiger partial charge on any atom is 0.338 e. The van der Waals surface area contributed by atoms with Crippen LogP contribution in [0.3, 0.4) is 0 Å². The maximum atomic E-state index is 12.3. The molecule has 1 aliphatic heterocycles. The van der Waals surface area contributed by atoms with Crippen molar-refractivity contribution >= 4 is 11.9 Å². The van der Waals surface area contributed by atoms with Crippen LogP contribution in [0.5, 0.6) is 5.75 Å². The number of nitrogens with zero attached hydrogens (tertiary/aromatic N) is 1. The highest BCUT2D eigenvalue weighted by atomic mass is 16.7. The normalized spacial score (nSPS) is 15.0. The van der Waals surface area contributed by atoms with Crippen LogP contribution in [-0.2, 0) is 20.7 Å². The van der Waals surface area contributed by atoms with Crippen LogP contribution in [0.1, 0.15) is 56.5 Å². The van der Waals surface area contributed by atoms with Crippen molar-refractivity contribution < 1.29 is 23.9 Å². The lowest BCUT2D eigenvalue weighted by molar-refractivity contribution is -0.142. The first-order chi connectivity index (χ1) is 11.8. The molecule has 1 heterocycles. The molecule has 25 heavy (non-hydrogen) atoms. The second-order valence-electron chi connectivity index (χ2n) is 7.03. The molecule has 0 saturated carbocycles. The van der Waals surface area contributed by atoms with E-state index in [9.17, 15) is 9.59 Å². The molecule has 138 valence electrons. The van der Waals surface area contributed by atoms with Gasteiger partial charge in [-0.15, -0.1) is 5.06 Å². The number of ether oxygens (including phenoxy) is 2. The Morgan fingerprint density at radius 3 is 2.44 bits per heavy atom. The molecule has 0 aromatic heterocycles. The lowest BCUT2D eigenvalue weighted by atomic mass is 10.1. The molecule has 0 aliphatic carbocycles. The first-order valence-corrected chi connectivity index (χ1v) is 8.73. The molecular formula is C19H27NO5. The molecule has 0 amide bonds. The third-order valence-corrected chi connectivity index (χ3v) is 3.63. The molecule has 6 nitrogen and oxygen atoms in total. The van der Waals surface area contributed by atoms with E-state index in [-0.39, 0.29) is 12.4 Å². The van der Waals surface area contributed by atoms with E-state index in [2.05, 4.69) is 0 Å². The average Bonchev–Trinajstić information content (AvgIpc) is 3.00.